The standard InChI is InChI=1S/C19H19N5O/c1-14-8-6-7-11-16(14)23-19(25)24(2)18-12-17(20-13-21-18)22-15-9-4-3-5-10-15/h3-13H,1-2H3,(H,23,25)(H,20,21,22). The van der Waals surface area contributed by atoms with Gasteiger partial charge in [-0.1, -0.05) is 36.4 Å². The fraction of sp³-hybridized carbons (Fsp3) is 0.105. The fourth-order valence-corrected chi connectivity index (χ4v) is 2.28. The molecule has 0 aliphatic rings. The van der Waals surface area contributed by atoms with Crippen LogP contribution in [0.1, 0.15) is 5.56 Å². The highest BCUT2D eigenvalue weighted by molar-refractivity contribution is 6.01. The van der Waals surface area contributed by atoms with Crippen molar-refractivity contribution in [3.8, 4) is 0 Å². The Balaban J connectivity index is 1.73. The summed E-state index contributed by atoms with van der Waals surface area (Å²) in [5, 5.41) is 6.07. The number of para-hydroxylation sites is 2. The first-order valence-corrected chi connectivity index (χ1v) is 7.88. The maximum atomic E-state index is 12.5. The van der Waals surface area contributed by atoms with E-state index in [2.05, 4.69) is 20.6 Å². The monoisotopic (exact) mass is 333 g/mol. The van der Waals surface area contributed by atoms with Crippen LogP contribution in [0.25, 0.3) is 0 Å². The summed E-state index contributed by atoms with van der Waals surface area (Å²) in [5.41, 5.74) is 2.69. The van der Waals surface area contributed by atoms with Crippen LogP contribution in [-0.2, 0) is 0 Å². The number of aromatic nitrogens is 2. The number of benzene rings is 2. The first-order valence-electron chi connectivity index (χ1n) is 7.88. The molecule has 2 amide bonds. The number of urea groups is 1. The normalized spacial score (nSPS) is 10.2. The van der Waals surface area contributed by atoms with Crippen LogP contribution < -0.4 is 15.5 Å². The van der Waals surface area contributed by atoms with Crippen LogP contribution in [0.2, 0.25) is 0 Å². The van der Waals surface area contributed by atoms with Crippen molar-refractivity contribution in [3.63, 3.8) is 0 Å². The number of hydrogen-bond donors (Lipinski definition) is 2. The van der Waals surface area contributed by atoms with E-state index in [9.17, 15) is 4.79 Å². The molecule has 0 atom stereocenters. The zero-order chi connectivity index (χ0) is 17.6. The number of amides is 2. The van der Waals surface area contributed by atoms with Crippen molar-refractivity contribution >= 4 is 29.0 Å². The van der Waals surface area contributed by atoms with Crippen molar-refractivity contribution in [1.29, 1.82) is 0 Å². The Hall–Kier alpha value is -3.41. The van der Waals surface area contributed by atoms with E-state index in [0.29, 0.717) is 11.6 Å². The van der Waals surface area contributed by atoms with Gasteiger partial charge in [0.1, 0.15) is 18.0 Å². The summed E-state index contributed by atoms with van der Waals surface area (Å²) in [5.74, 6) is 1.12. The van der Waals surface area contributed by atoms with Gasteiger partial charge in [0.15, 0.2) is 0 Å². The van der Waals surface area contributed by atoms with Gasteiger partial charge in [-0.25, -0.2) is 14.8 Å². The minimum Gasteiger partial charge on any atom is -0.340 e. The third kappa shape index (κ3) is 4.11. The van der Waals surface area contributed by atoms with E-state index in [1.165, 1.54) is 11.2 Å². The maximum Gasteiger partial charge on any atom is 0.327 e. The average Bonchev–Trinajstić information content (AvgIpc) is 2.64. The van der Waals surface area contributed by atoms with Crippen molar-refractivity contribution in [2.45, 2.75) is 6.92 Å². The number of hydrogen-bond acceptors (Lipinski definition) is 4. The van der Waals surface area contributed by atoms with Crippen LogP contribution in [0.4, 0.5) is 27.8 Å². The highest BCUT2D eigenvalue weighted by Crippen LogP contribution is 2.19. The van der Waals surface area contributed by atoms with Gasteiger partial charge in [0.25, 0.3) is 0 Å². The van der Waals surface area contributed by atoms with E-state index in [4.69, 9.17) is 0 Å². The molecule has 2 N–H and O–H groups in total. The lowest BCUT2D eigenvalue weighted by atomic mass is 10.2. The summed E-state index contributed by atoms with van der Waals surface area (Å²) in [6, 6.07) is 18.8. The Morgan fingerprint density at radius 3 is 2.48 bits per heavy atom. The molecule has 2 aromatic carbocycles. The van der Waals surface area contributed by atoms with Crippen LogP contribution >= 0.6 is 0 Å². The molecule has 6 heteroatoms. The molecular formula is C19H19N5O. The Morgan fingerprint density at radius 2 is 1.72 bits per heavy atom. The molecule has 1 aromatic heterocycles. The molecule has 3 rings (SSSR count). The van der Waals surface area contributed by atoms with E-state index in [1.54, 1.807) is 13.1 Å². The van der Waals surface area contributed by atoms with Crippen LogP contribution in [0, 0.1) is 6.92 Å². The van der Waals surface area contributed by atoms with E-state index >= 15 is 0 Å². The number of anilines is 4. The Kier molecular flexibility index (Phi) is 4.89. The molecule has 0 unspecified atom stereocenters. The van der Waals surface area contributed by atoms with Crippen molar-refractivity contribution in [2.24, 2.45) is 0 Å². The average molecular weight is 333 g/mol. The van der Waals surface area contributed by atoms with Gasteiger partial charge in [-0.3, -0.25) is 4.90 Å². The molecule has 25 heavy (non-hydrogen) atoms. The zero-order valence-corrected chi connectivity index (χ0v) is 14.1. The number of carbonyl (C=O) groups is 1. The molecule has 0 aliphatic carbocycles. The van der Waals surface area contributed by atoms with Gasteiger partial charge in [-0.15, -0.1) is 0 Å². The fourth-order valence-electron chi connectivity index (χ4n) is 2.28. The second-order valence-corrected chi connectivity index (χ2v) is 5.56. The topological polar surface area (TPSA) is 70.2 Å². The third-order valence-electron chi connectivity index (χ3n) is 3.73. The van der Waals surface area contributed by atoms with E-state index < -0.39 is 0 Å². The van der Waals surface area contributed by atoms with Crippen molar-refractivity contribution in [2.75, 3.05) is 22.6 Å². The second kappa shape index (κ2) is 7.44. The maximum absolute atomic E-state index is 12.5. The number of nitrogens with one attached hydrogen (secondary N) is 2. The molecular weight excluding hydrogens is 314 g/mol. The molecule has 0 fully saturated rings. The van der Waals surface area contributed by atoms with E-state index in [1.807, 2.05) is 61.5 Å². The molecule has 3 aromatic rings. The summed E-state index contributed by atoms with van der Waals surface area (Å²) in [4.78, 5) is 22.3. The molecule has 0 radical (unpaired) electrons. The van der Waals surface area contributed by atoms with Crippen LogP contribution in [-0.4, -0.2) is 23.0 Å². The highest BCUT2D eigenvalue weighted by Gasteiger charge is 2.14. The van der Waals surface area contributed by atoms with Gasteiger partial charge in [-0.2, -0.15) is 0 Å². The van der Waals surface area contributed by atoms with Gasteiger partial charge in [-0.05, 0) is 30.7 Å². The predicted octanol–water partition coefficient (Wildman–Crippen LogP) is 4.20. The first kappa shape index (κ1) is 16.4. The van der Waals surface area contributed by atoms with Gasteiger partial charge in [0, 0.05) is 24.5 Å². The van der Waals surface area contributed by atoms with Crippen LogP contribution in [0.15, 0.2) is 67.0 Å². The summed E-state index contributed by atoms with van der Waals surface area (Å²) in [6.45, 7) is 1.95. The largest absolute Gasteiger partial charge is 0.340 e. The molecule has 0 saturated heterocycles. The number of aryl methyl sites for hydroxylation is 1. The summed E-state index contributed by atoms with van der Waals surface area (Å²) < 4.78 is 0. The van der Waals surface area contributed by atoms with Crippen molar-refractivity contribution in [1.82, 2.24) is 9.97 Å². The number of nitrogens with zero attached hydrogens (tertiary/aromatic N) is 3. The molecule has 0 bridgehead atoms. The van der Waals surface area contributed by atoms with Gasteiger partial charge in [0.05, 0.1) is 0 Å². The lowest BCUT2D eigenvalue weighted by Gasteiger charge is -2.18. The van der Waals surface area contributed by atoms with E-state index in [-0.39, 0.29) is 6.03 Å². The number of rotatable bonds is 4. The summed E-state index contributed by atoms with van der Waals surface area (Å²) >= 11 is 0. The first-order chi connectivity index (χ1) is 12.1. The van der Waals surface area contributed by atoms with E-state index in [0.717, 1.165) is 16.9 Å². The minimum atomic E-state index is -0.265. The molecule has 1 heterocycles. The van der Waals surface area contributed by atoms with Crippen LogP contribution in [0.3, 0.4) is 0 Å². The lowest BCUT2D eigenvalue weighted by Crippen LogP contribution is -2.32. The Morgan fingerprint density at radius 1 is 1.00 bits per heavy atom. The quantitative estimate of drug-likeness (QED) is 0.751. The van der Waals surface area contributed by atoms with Gasteiger partial charge >= 0.3 is 6.03 Å². The van der Waals surface area contributed by atoms with Gasteiger partial charge < -0.3 is 10.6 Å². The van der Waals surface area contributed by atoms with Crippen molar-refractivity contribution < 1.29 is 4.79 Å². The van der Waals surface area contributed by atoms with Crippen LogP contribution in [0.5, 0.6) is 0 Å². The molecule has 6 nitrogen and oxygen atoms in total. The van der Waals surface area contributed by atoms with Crippen molar-refractivity contribution in [3.05, 3.63) is 72.6 Å². The Bertz CT molecular complexity index is 866. The Labute approximate surface area is 146 Å². The smallest absolute Gasteiger partial charge is 0.327 e. The van der Waals surface area contributed by atoms with Gasteiger partial charge in [0.2, 0.25) is 0 Å². The predicted molar refractivity (Wildman–Crippen MR) is 100 cm³/mol. The summed E-state index contributed by atoms with van der Waals surface area (Å²) in [7, 11) is 1.67. The molecule has 0 spiro atoms. The summed E-state index contributed by atoms with van der Waals surface area (Å²) in [6.07, 6.45) is 1.43. The lowest BCUT2D eigenvalue weighted by molar-refractivity contribution is 0.258. The molecule has 126 valence electrons. The zero-order valence-electron chi connectivity index (χ0n) is 14.1. The highest BCUT2D eigenvalue weighted by atomic mass is 16.2. The molecule has 0 saturated carbocycles. The number of carbonyl (C=O) groups excluding carboxylic acids is 1. The SMILES string of the molecule is Cc1ccccc1NC(=O)N(C)c1cc(Nc2ccccc2)ncn1. The second-order valence-electron chi connectivity index (χ2n) is 5.56. The third-order valence-corrected chi connectivity index (χ3v) is 3.73. The minimum absolute atomic E-state index is 0.265. The molecule has 0 aliphatic heterocycles.